The van der Waals surface area contributed by atoms with Crippen LogP contribution in [0.15, 0.2) is 30.6 Å². The number of nitrogens with zero attached hydrogens (tertiary/aromatic N) is 2. The van der Waals surface area contributed by atoms with Crippen molar-refractivity contribution in [3.63, 3.8) is 0 Å². The number of aryl methyl sites for hydroxylation is 1. The molecule has 0 radical (unpaired) electrons. The van der Waals surface area contributed by atoms with Crippen molar-refractivity contribution in [1.82, 2.24) is 9.78 Å². The van der Waals surface area contributed by atoms with Gasteiger partial charge in [-0.3, -0.25) is 9.48 Å². The molecule has 2 aromatic rings. The molecule has 1 amide bonds. The number of carbonyl (C=O) groups is 1. The van der Waals surface area contributed by atoms with Crippen LogP contribution in [0.25, 0.3) is 11.1 Å². The molecule has 0 saturated heterocycles. The molecule has 0 aliphatic heterocycles. The predicted octanol–water partition coefficient (Wildman–Crippen LogP) is 1.37. The summed E-state index contributed by atoms with van der Waals surface area (Å²) in [5.74, 6) is -0.753. The average Bonchev–Trinajstić information content (AvgIpc) is 2.78. The second kappa shape index (κ2) is 4.29. The van der Waals surface area contributed by atoms with E-state index in [2.05, 4.69) is 5.10 Å². The fourth-order valence-electron chi connectivity index (χ4n) is 1.60. The lowest BCUT2D eigenvalue weighted by Crippen LogP contribution is -2.11. The third-order valence-electron chi connectivity index (χ3n) is 2.55. The van der Waals surface area contributed by atoms with Gasteiger partial charge in [-0.05, 0) is 24.6 Å². The van der Waals surface area contributed by atoms with Gasteiger partial charge in [0, 0.05) is 18.3 Å². The van der Waals surface area contributed by atoms with E-state index in [0.717, 1.165) is 17.7 Å². The zero-order chi connectivity index (χ0) is 12.4. The van der Waals surface area contributed by atoms with Crippen molar-refractivity contribution in [2.75, 3.05) is 0 Å². The van der Waals surface area contributed by atoms with Crippen LogP contribution in [0.3, 0.4) is 0 Å². The van der Waals surface area contributed by atoms with E-state index >= 15 is 0 Å². The molecule has 0 spiro atoms. The third kappa shape index (κ3) is 2.13. The highest BCUT2D eigenvalue weighted by Crippen LogP contribution is 2.25. The number of rotatable bonds is 3. The number of phenols is 1. The Morgan fingerprint density at radius 2 is 2.24 bits per heavy atom. The quantitative estimate of drug-likeness (QED) is 0.837. The highest BCUT2D eigenvalue weighted by Gasteiger charge is 2.10. The standard InChI is InChI=1S/C12H13N3O2/c1-2-15-7-9(6-14-15)8-3-4-11(16)10(5-8)12(13)17/h3-7,16H,2H2,1H3,(H2,13,17). The summed E-state index contributed by atoms with van der Waals surface area (Å²) in [6.45, 7) is 2.77. The van der Waals surface area contributed by atoms with Crippen LogP contribution in [-0.2, 0) is 6.54 Å². The van der Waals surface area contributed by atoms with Crippen LogP contribution in [0, 0.1) is 0 Å². The van der Waals surface area contributed by atoms with Crippen molar-refractivity contribution in [3.8, 4) is 16.9 Å². The van der Waals surface area contributed by atoms with Gasteiger partial charge in [0.15, 0.2) is 0 Å². The van der Waals surface area contributed by atoms with Gasteiger partial charge in [0.05, 0.1) is 11.8 Å². The van der Waals surface area contributed by atoms with Crippen molar-refractivity contribution in [2.24, 2.45) is 5.73 Å². The SMILES string of the molecule is CCn1cc(-c2ccc(O)c(C(N)=O)c2)cn1. The Balaban J connectivity index is 2.46. The summed E-state index contributed by atoms with van der Waals surface area (Å²) in [7, 11) is 0. The Morgan fingerprint density at radius 3 is 2.82 bits per heavy atom. The number of carbonyl (C=O) groups excluding carboxylic acids is 1. The van der Waals surface area contributed by atoms with Crippen molar-refractivity contribution in [3.05, 3.63) is 36.2 Å². The third-order valence-corrected chi connectivity index (χ3v) is 2.55. The van der Waals surface area contributed by atoms with Crippen LogP contribution in [0.5, 0.6) is 5.75 Å². The summed E-state index contributed by atoms with van der Waals surface area (Å²) in [6.07, 6.45) is 3.58. The molecule has 0 unspecified atom stereocenters. The number of aromatic hydroxyl groups is 1. The van der Waals surface area contributed by atoms with E-state index in [1.807, 2.05) is 13.1 Å². The van der Waals surface area contributed by atoms with Gasteiger partial charge < -0.3 is 10.8 Å². The second-order valence-electron chi connectivity index (χ2n) is 3.68. The zero-order valence-electron chi connectivity index (χ0n) is 9.42. The Morgan fingerprint density at radius 1 is 1.47 bits per heavy atom. The number of benzene rings is 1. The molecule has 1 aromatic heterocycles. The maximum absolute atomic E-state index is 11.1. The molecule has 0 aliphatic rings. The number of aromatic nitrogens is 2. The molecule has 0 bridgehead atoms. The minimum Gasteiger partial charge on any atom is -0.507 e. The fourth-order valence-corrected chi connectivity index (χ4v) is 1.60. The first-order valence-corrected chi connectivity index (χ1v) is 5.27. The normalized spacial score (nSPS) is 10.4. The van der Waals surface area contributed by atoms with Crippen molar-refractivity contribution in [1.29, 1.82) is 0 Å². The van der Waals surface area contributed by atoms with E-state index in [9.17, 15) is 9.90 Å². The van der Waals surface area contributed by atoms with Crippen LogP contribution >= 0.6 is 0 Å². The van der Waals surface area contributed by atoms with Crippen molar-refractivity contribution >= 4 is 5.91 Å². The topological polar surface area (TPSA) is 81.1 Å². The molecule has 0 atom stereocenters. The minimum atomic E-state index is -0.646. The molecule has 0 fully saturated rings. The Hall–Kier alpha value is -2.30. The molecule has 88 valence electrons. The first-order chi connectivity index (χ1) is 8.11. The average molecular weight is 231 g/mol. The van der Waals surface area contributed by atoms with Gasteiger partial charge >= 0.3 is 0 Å². The van der Waals surface area contributed by atoms with E-state index in [4.69, 9.17) is 5.73 Å². The van der Waals surface area contributed by atoms with E-state index < -0.39 is 5.91 Å². The largest absolute Gasteiger partial charge is 0.507 e. The Bertz CT molecular complexity index is 561. The number of hydrogen-bond donors (Lipinski definition) is 2. The lowest BCUT2D eigenvalue weighted by Gasteiger charge is -2.03. The summed E-state index contributed by atoms with van der Waals surface area (Å²) >= 11 is 0. The lowest BCUT2D eigenvalue weighted by atomic mass is 10.1. The predicted molar refractivity (Wildman–Crippen MR) is 63.5 cm³/mol. The number of primary amides is 1. The summed E-state index contributed by atoms with van der Waals surface area (Å²) in [6, 6.07) is 4.74. The van der Waals surface area contributed by atoms with Crippen molar-refractivity contribution < 1.29 is 9.90 Å². The van der Waals surface area contributed by atoms with Crippen LogP contribution in [-0.4, -0.2) is 20.8 Å². The summed E-state index contributed by atoms with van der Waals surface area (Å²) in [5.41, 5.74) is 6.98. The maximum atomic E-state index is 11.1. The summed E-state index contributed by atoms with van der Waals surface area (Å²) in [4.78, 5) is 11.1. The smallest absolute Gasteiger partial charge is 0.252 e. The summed E-state index contributed by atoms with van der Waals surface area (Å²) in [5, 5.41) is 13.6. The lowest BCUT2D eigenvalue weighted by molar-refractivity contribution is 0.0998. The number of nitrogens with two attached hydrogens (primary N) is 1. The van der Waals surface area contributed by atoms with Gasteiger partial charge in [-0.2, -0.15) is 5.10 Å². The van der Waals surface area contributed by atoms with Gasteiger partial charge in [0.25, 0.3) is 5.91 Å². The molecule has 5 heteroatoms. The van der Waals surface area contributed by atoms with Gasteiger partial charge in [0.2, 0.25) is 0 Å². The highest BCUT2D eigenvalue weighted by atomic mass is 16.3. The second-order valence-corrected chi connectivity index (χ2v) is 3.68. The van der Waals surface area contributed by atoms with Crippen LogP contribution in [0.1, 0.15) is 17.3 Å². The Kier molecular flexibility index (Phi) is 2.82. The molecule has 1 heterocycles. The maximum Gasteiger partial charge on any atom is 0.252 e. The van der Waals surface area contributed by atoms with Crippen molar-refractivity contribution in [2.45, 2.75) is 13.5 Å². The Labute approximate surface area is 98.5 Å². The van der Waals surface area contributed by atoms with E-state index in [-0.39, 0.29) is 11.3 Å². The molecule has 0 aliphatic carbocycles. The number of amides is 1. The molecule has 5 nitrogen and oxygen atoms in total. The fraction of sp³-hybridized carbons (Fsp3) is 0.167. The van der Waals surface area contributed by atoms with Gasteiger partial charge in [-0.15, -0.1) is 0 Å². The minimum absolute atomic E-state index is 0.107. The van der Waals surface area contributed by atoms with E-state index in [1.165, 1.54) is 6.07 Å². The summed E-state index contributed by atoms with van der Waals surface area (Å²) < 4.78 is 1.78. The molecule has 0 saturated carbocycles. The molecule has 3 N–H and O–H groups in total. The van der Waals surface area contributed by atoms with Crippen LogP contribution < -0.4 is 5.73 Å². The number of hydrogen-bond acceptors (Lipinski definition) is 3. The molecule has 1 aromatic carbocycles. The van der Waals surface area contributed by atoms with Crippen LogP contribution in [0.4, 0.5) is 0 Å². The molecular weight excluding hydrogens is 218 g/mol. The molecular formula is C12H13N3O2. The van der Waals surface area contributed by atoms with Gasteiger partial charge in [-0.25, -0.2) is 0 Å². The first kappa shape index (κ1) is 11.2. The van der Waals surface area contributed by atoms with Crippen LogP contribution in [0.2, 0.25) is 0 Å². The highest BCUT2D eigenvalue weighted by molar-refractivity contribution is 5.96. The van der Waals surface area contributed by atoms with Gasteiger partial charge in [0.1, 0.15) is 5.75 Å². The first-order valence-electron chi connectivity index (χ1n) is 5.27. The van der Waals surface area contributed by atoms with E-state index in [0.29, 0.717) is 0 Å². The molecule has 2 rings (SSSR count). The zero-order valence-corrected chi connectivity index (χ0v) is 9.42. The van der Waals surface area contributed by atoms with E-state index in [1.54, 1.807) is 23.0 Å². The monoisotopic (exact) mass is 231 g/mol. The molecule has 17 heavy (non-hydrogen) atoms. The van der Waals surface area contributed by atoms with Gasteiger partial charge in [-0.1, -0.05) is 6.07 Å².